The number of nitrogens with zero attached hydrogens (tertiary/aromatic N) is 1. The summed E-state index contributed by atoms with van der Waals surface area (Å²) in [5.41, 5.74) is 1.09. The monoisotopic (exact) mass is 270 g/mol. The van der Waals surface area contributed by atoms with E-state index in [4.69, 9.17) is 21.1 Å². The molecule has 1 fully saturated rings. The third kappa shape index (κ3) is 4.44. The molecule has 0 amide bonds. The maximum Gasteiger partial charge on any atom is 0.232 e. The summed E-state index contributed by atoms with van der Waals surface area (Å²) >= 11 is 6.12. The Hall–Kier alpha value is -0.840. The molecule has 1 aliphatic rings. The summed E-state index contributed by atoms with van der Waals surface area (Å²) in [4.78, 5) is 4.22. The molecule has 1 aliphatic carbocycles. The molecule has 4 nitrogen and oxygen atoms in total. The highest BCUT2D eigenvalue weighted by Gasteiger charge is 2.20. The number of hydrogen-bond donors (Lipinski definition) is 1. The van der Waals surface area contributed by atoms with Crippen molar-refractivity contribution in [3.63, 3.8) is 0 Å². The van der Waals surface area contributed by atoms with Crippen LogP contribution in [-0.2, 0) is 11.3 Å². The highest BCUT2D eigenvalue weighted by molar-refractivity contribution is 6.31. The van der Waals surface area contributed by atoms with Crippen LogP contribution in [-0.4, -0.2) is 30.8 Å². The molecule has 0 aromatic carbocycles. The third-order valence-electron chi connectivity index (χ3n) is 2.71. The van der Waals surface area contributed by atoms with Crippen molar-refractivity contribution < 1.29 is 9.47 Å². The van der Waals surface area contributed by atoms with Crippen LogP contribution in [0.1, 0.15) is 25.3 Å². The maximum atomic E-state index is 6.12. The molecule has 0 bridgehead atoms. The molecule has 0 unspecified atom stereocenters. The minimum atomic E-state index is 0.472. The second-order valence-electron chi connectivity index (χ2n) is 4.33. The molecule has 1 N–H and O–H groups in total. The lowest BCUT2D eigenvalue weighted by Gasteiger charge is -2.08. The molecule has 1 saturated carbocycles. The second kappa shape index (κ2) is 6.92. The van der Waals surface area contributed by atoms with E-state index in [1.807, 2.05) is 13.0 Å². The first kappa shape index (κ1) is 13.6. The van der Waals surface area contributed by atoms with E-state index < -0.39 is 0 Å². The van der Waals surface area contributed by atoms with Crippen molar-refractivity contribution >= 4 is 11.6 Å². The quantitative estimate of drug-likeness (QED) is 0.737. The summed E-state index contributed by atoms with van der Waals surface area (Å²) in [6.45, 7) is 4.49. The SMILES string of the molecule is CCOCCOc1ncc(CNC2CC2)cc1Cl. The van der Waals surface area contributed by atoms with Crippen LogP contribution >= 0.6 is 11.6 Å². The van der Waals surface area contributed by atoms with Gasteiger partial charge in [0, 0.05) is 25.4 Å². The topological polar surface area (TPSA) is 43.4 Å². The predicted molar refractivity (Wildman–Crippen MR) is 71.1 cm³/mol. The number of hydrogen-bond acceptors (Lipinski definition) is 4. The zero-order valence-electron chi connectivity index (χ0n) is 10.6. The number of halogens is 1. The number of aromatic nitrogens is 1. The lowest BCUT2D eigenvalue weighted by molar-refractivity contribution is 0.108. The van der Waals surface area contributed by atoms with E-state index in [1.165, 1.54) is 12.8 Å². The molecule has 0 atom stereocenters. The predicted octanol–water partition coefficient (Wildman–Crippen LogP) is 2.40. The van der Waals surface area contributed by atoms with Gasteiger partial charge in [0.2, 0.25) is 5.88 Å². The zero-order valence-corrected chi connectivity index (χ0v) is 11.4. The van der Waals surface area contributed by atoms with E-state index in [1.54, 1.807) is 6.20 Å². The van der Waals surface area contributed by atoms with Gasteiger partial charge in [-0.1, -0.05) is 11.6 Å². The largest absolute Gasteiger partial charge is 0.474 e. The molecule has 2 rings (SSSR count). The summed E-state index contributed by atoms with van der Waals surface area (Å²) in [6, 6.07) is 2.59. The molecule has 100 valence electrons. The van der Waals surface area contributed by atoms with Gasteiger partial charge < -0.3 is 14.8 Å². The zero-order chi connectivity index (χ0) is 12.8. The first-order valence-corrected chi connectivity index (χ1v) is 6.75. The Labute approximate surface area is 113 Å². The van der Waals surface area contributed by atoms with Crippen molar-refractivity contribution in [3.8, 4) is 5.88 Å². The molecule has 0 aliphatic heterocycles. The Morgan fingerprint density at radius 1 is 1.44 bits per heavy atom. The fourth-order valence-electron chi connectivity index (χ4n) is 1.56. The summed E-state index contributed by atoms with van der Waals surface area (Å²) in [7, 11) is 0. The van der Waals surface area contributed by atoms with Crippen LogP contribution in [0.3, 0.4) is 0 Å². The van der Waals surface area contributed by atoms with Crippen LogP contribution < -0.4 is 10.1 Å². The van der Waals surface area contributed by atoms with Crippen molar-refractivity contribution in [2.75, 3.05) is 19.8 Å². The average Bonchev–Trinajstić information content (AvgIpc) is 3.18. The second-order valence-corrected chi connectivity index (χ2v) is 4.74. The smallest absolute Gasteiger partial charge is 0.232 e. The van der Waals surface area contributed by atoms with Crippen molar-refractivity contribution in [1.82, 2.24) is 10.3 Å². The van der Waals surface area contributed by atoms with E-state index in [-0.39, 0.29) is 0 Å². The molecule has 1 aromatic rings. The van der Waals surface area contributed by atoms with E-state index >= 15 is 0 Å². The number of pyridine rings is 1. The number of rotatable bonds is 8. The van der Waals surface area contributed by atoms with Crippen LogP contribution in [0.5, 0.6) is 5.88 Å². The van der Waals surface area contributed by atoms with Gasteiger partial charge in [-0.25, -0.2) is 4.98 Å². The lowest BCUT2D eigenvalue weighted by atomic mass is 10.3. The van der Waals surface area contributed by atoms with Gasteiger partial charge in [-0.3, -0.25) is 0 Å². The fraction of sp³-hybridized carbons (Fsp3) is 0.615. The van der Waals surface area contributed by atoms with Crippen molar-refractivity contribution in [1.29, 1.82) is 0 Å². The third-order valence-corrected chi connectivity index (χ3v) is 2.98. The number of ether oxygens (including phenoxy) is 2. The van der Waals surface area contributed by atoms with Crippen molar-refractivity contribution in [2.24, 2.45) is 0 Å². The first-order valence-electron chi connectivity index (χ1n) is 6.38. The highest BCUT2D eigenvalue weighted by Crippen LogP contribution is 2.23. The summed E-state index contributed by atoms with van der Waals surface area (Å²) in [5, 5.41) is 3.98. The Bertz CT molecular complexity index is 383. The van der Waals surface area contributed by atoms with Gasteiger partial charge in [0.05, 0.1) is 6.61 Å². The van der Waals surface area contributed by atoms with Gasteiger partial charge in [0.15, 0.2) is 0 Å². The van der Waals surface area contributed by atoms with Gasteiger partial charge in [-0.15, -0.1) is 0 Å². The Morgan fingerprint density at radius 3 is 2.94 bits per heavy atom. The summed E-state index contributed by atoms with van der Waals surface area (Å²) < 4.78 is 10.6. The maximum absolute atomic E-state index is 6.12. The standard InChI is InChI=1S/C13H19ClN2O2/c1-2-17-5-6-18-13-12(14)7-10(9-16-13)8-15-11-3-4-11/h7,9,11,15H,2-6,8H2,1H3. The minimum Gasteiger partial charge on any atom is -0.474 e. The highest BCUT2D eigenvalue weighted by atomic mass is 35.5. The minimum absolute atomic E-state index is 0.472. The first-order chi connectivity index (χ1) is 8.79. The van der Waals surface area contributed by atoms with Gasteiger partial charge in [0.25, 0.3) is 0 Å². The molecular weight excluding hydrogens is 252 g/mol. The molecule has 5 heteroatoms. The molecule has 1 heterocycles. The van der Waals surface area contributed by atoms with Crippen LogP contribution in [0, 0.1) is 0 Å². The van der Waals surface area contributed by atoms with Crippen molar-refractivity contribution in [3.05, 3.63) is 22.8 Å². The van der Waals surface area contributed by atoms with Gasteiger partial charge >= 0.3 is 0 Å². The van der Waals surface area contributed by atoms with Crippen molar-refractivity contribution in [2.45, 2.75) is 32.4 Å². The lowest BCUT2D eigenvalue weighted by Crippen LogP contribution is -2.15. The van der Waals surface area contributed by atoms with E-state index in [0.717, 1.165) is 12.1 Å². The van der Waals surface area contributed by atoms with Gasteiger partial charge in [0.1, 0.15) is 11.6 Å². The molecule has 0 radical (unpaired) electrons. The van der Waals surface area contributed by atoms with E-state index in [2.05, 4.69) is 10.3 Å². The Morgan fingerprint density at radius 2 is 2.28 bits per heavy atom. The summed E-state index contributed by atoms with van der Waals surface area (Å²) in [5.74, 6) is 0.478. The molecule has 0 spiro atoms. The van der Waals surface area contributed by atoms with Crippen LogP contribution in [0.2, 0.25) is 5.02 Å². The Kier molecular flexibility index (Phi) is 5.23. The van der Waals surface area contributed by atoms with Crippen LogP contribution in [0.25, 0.3) is 0 Å². The Balaban J connectivity index is 1.79. The van der Waals surface area contributed by atoms with Gasteiger partial charge in [-0.05, 0) is 31.4 Å². The average molecular weight is 271 g/mol. The normalized spacial score (nSPS) is 14.8. The summed E-state index contributed by atoms with van der Waals surface area (Å²) in [6.07, 6.45) is 4.36. The fourth-order valence-corrected chi connectivity index (χ4v) is 1.80. The molecular formula is C13H19ClN2O2. The van der Waals surface area contributed by atoms with E-state index in [9.17, 15) is 0 Å². The van der Waals surface area contributed by atoms with Crippen LogP contribution in [0.15, 0.2) is 12.3 Å². The molecule has 1 aromatic heterocycles. The molecule has 0 saturated heterocycles. The van der Waals surface area contributed by atoms with Gasteiger partial charge in [-0.2, -0.15) is 0 Å². The van der Waals surface area contributed by atoms with Crippen LogP contribution in [0.4, 0.5) is 0 Å². The van der Waals surface area contributed by atoms with E-state index in [0.29, 0.717) is 36.8 Å². The number of nitrogens with one attached hydrogen (secondary N) is 1. The molecule has 18 heavy (non-hydrogen) atoms.